The van der Waals surface area contributed by atoms with E-state index < -0.39 is 0 Å². The van der Waals surface area contributed by atoms with Gasteiger partial charge in [-0.1, -0.05) is 0 Å². The molecule has 5 nitrogen and oxygen atoms in total. The molecule has 2 aromatic heterocycles. The summed E-state index contributed by atoms with van der Waals surface area (Å²) < 4.78 is 5.40. The van der Waals surface area contributed by atoms with E-state index in [1.807, 2.05) is 6.20 Å². The summed E-state index contributed by atoms with van der Waals surface area (Å²) in [5.74, 6) is 0. The number of hydrogen-bond donors (Lipinski definition) is 0. The van der Waals surface area contributed by atoms with Gasteiger partial charge in [-0.15, -0.1) is 11.3 Å². The third-order valence-electron chi connectivity index (χ3n) is 4.49. The lowest BCUT2D eigenvalue weighted by Crippen LogP contribution is -2.42. The van der Waals surface area contributed by atoms with Crippen molar-refractivity contribution in [1.29, 1.82) is 0 Å². The molecule has 0 unspecified atom stereocenters. The van der Waals surface area contributed by atoms with Gasteiger partial charge in [0.05, 0.1) is 13.2 Å². The maximum atomic E-state index is 5.90. The summed E-state index contributed by atoms with van der Waals surface area (Å²) in [6.45, 7) is 8.28. The number of halogens is 1. The van der Waals surface area contributed by atoms with Crippen molar-refractivity contribution in [1.82, 2.24) is 19.8 Å². The largest absolute Gasteiger partial charge is 0.379 e. The molecule has 0 amide bonds. The molecule has 0 aliphatic carbocycles. The van der Waals surface area contributed by atoms with Gasteiger partial charge in [-0.3, -0.25) is 9.80 Å². The fourth-order valence-corrected chi connectivity index (χ4v) is 4.63. The average Bonchev–Trinajstić information content (AvgIpc) is 2.90. The van der Waals surface area contributed by atoms with Crippen molar-refractivity contribution in [3.05, 3.63) is 21.9 Å². The smallest absolute Gasteiger partial charge is 0.223 e. The van der Waals surface area contributed by atoms with Crippen LogP contribution in [0.15, 0.2) is 6.20 Å². The SMILES string of the molecule is Clc1ncc2c3c(sc2n1)CN(CCN1CCOCC1)CC3. The molecule has 7 heteroatoms. The number of thiophene rings is 1. The Bertz CT molecular complexity index is 671. The van der Waals surface area contributed by atoms with E-state index in [0.29, 0.717) is 5.28 Å². The third-order valence-corrected chi connectivity index (χ3v) is 5.80. The molecule has 0 radical (unpaired) electrons. The van der Waals surface area contributed by atoms with Crippen molar-refractivity contribution >= 4 is 33.2 Å². The van der Waals surface area contributed by atoms with Gasteiger partial charge in [-0.2, -0.15) is 0 Å². The molecule has 118 valence electrons. The Labute approximate surface area is 138 Å². The monoisotopic (exact) mass is 338 g/mol. The zero-order valence-electron chi connectivity index (χ0n) is 12.4. The zero-order chi connectivity index (χ0) is 14.9. The molecule has 0 atom stereocenters. The predicted molar refractivity (Wildman–Crippen MR) is 88.7 cm³/mol. The van der Waals surface area contributed by atoms with Gasteiger partial charge in [-0.05, 0) is 23.6 Å². The Morgan fingerprint density at radius 2 is 2.00 bits per heavy atom. The highest BCUT2D eigenvalue weighted by molar-refractivity contribution is 7.18. The van der Waals surface area contributed by atoms with Crippen molar-refractivity contribution in [2.75, 3.05) is 45.9 Å². The van der Waals surface area contributed by atoms with E-state index in [-0.39, 0.29) is 0 Å². The first kappa shape index (κ1) is 14.8. The van der Waals surface area contributed by atoms with E-state index in [1.54, 1.807) is 11.3 Å². The van der Waals surface area contributed by atoms with Crippen LogP contribution in [0.1, 0.15) is 10.4 Å². The van der Waals surface area contributed by atoms with Crippen LogP contribution in [0.2, 0.25) is 5.28 Å². The van der Waals surface area contributed by atoms with Crippen LogP contribution in [0.5, 0.6) is 0 Å². The Morgan fingerprint density at radius 3 is 2.86 bits per heavy atom. The number of ether oxygens (including phenoxy) is 1. The second-order valence-electron chi connectivity index (χ2n) is 5.84. The van der Waals surface area contributed by atoms with Crippen LogP contribution in [0.4, 0.5) is 0 Å². The quantitative estimate of drug-likeness (QED) is 0.801. The van der Waals surface area contributed by atoms with Gasteiger partial charge < -0.3 is 4.74 Å². The van der Waals surface area contributed by atoms with Gasteiger partial charge in [0, 0.05) is 55.7 Å². The lowest BCUT2D eigenvalue weighted by molar-refractivity contribution is 0.0327. The van der Waals surface area contributed by atoms with Crippen LogP contribution in [-0.4, -0.2) is 65.7 Å². The Kier molecular flexibility index (Phi) is 4.28. The second-order valence-corrected chi connectivity index (χ2v) is 7.26. The summed E-state index contributed by atoms with van der Waals surface area (Å²) in [6.07, 6.45) is 2.97. The lowest BCUT2D eigenvalue weighted by Gasteiger charge is -2.31. The number of morpholine rings is 1. The number of aromatic nitrogens is 2. The average molecular weight is 339 g/mol. The van der Waals surface area contributed by atoms with Crippen LogP contribution < -0.4 is 0 Å². The van der Waals surface area contributed by atoms with Crippen LogP contribution in [-0.2, 0) is 17.7 Å². The molecule has 4 rings (SSSR count). The van der Waals surface area contributed by atoms with E-state index in [1.165, 1.54) is 15.8 Å². The Balaban J connectivity index is 1.43. The topological polar surface area (TPSA) is 41.5 Å². The van der Waals surface area contributed by atoms with Crippen LogP contribution in [0, 0.1) is 0 Å². The molecule has 1 saturated heterocycles. The first-order valence-corrected chi connectivity index (χ1v) is 8.94. The molecule has 0 N–H and O–H groups in total. The summed E-state index contributed by atoms with van der Waals surface area (Å²) >= 11 is 7.67. The van der Waals surface area contributed by atoms with Crippen molar-refractivity contribution in [2.45, 2.75) is 13.0 Å². The molecule has 4 heterocycles. The van der Waals surface area contributed by atoms with E-state index in [0.717, 1.165) is 63.7 Å². The standard InChI is InChI=1S/C15H19ClN4OS/c16-15-17-9-12-11-1-2-20(10-13(11)22-14(12)18-15)4-3-19-5-7-21-8-6-19/h9H,1-8,10H2. The molecule has 2 aromatic rings. The van der Waals surface area contributed by atoms with Crippen LogP contribution in [0.25, 0.3) is 10.2 Å². The maximum absolute atomic E-state index is 5.90. The molecule has 2 aliphatic rings. The van der Waals surface area contributed by atoms with Gasteiger partial charge in [0.2, 0.25) is 5.28 Å². The summed E-state index contributed by atoms with van der Waals surface area (Å²) in [6, 6.07) is 0. The molecule has 0 aromatic carbocycles. The second kappa shape index (κ2) is 6.37. The first-order chi connectivity index (χ1) is 10.8. The minimum Gasteiger partial charge on any atom is -0.379 e. The highest BCUT2D eigenvalue weighted by Crippen LogP contribution is 2.34. The minimum absolute atomic E-state index is 0.343. The Hall–Kier alpha value is -0.790. The van der Waals surface area contributed by atoms with E-state index >= 15 is 0 Å². The fourth-order valence-electron chi connectivity index (χ4n) is 3.21. The molecule has 1 fully saturated rings. The molecule has 2 aliphatic heterocycles. The fraction of sp³-hybridized carbons (Fsp3) is 0.600. The van der Waals surface area contributed by atoms with Crippen molar-refractivity contribution in [2.24, 2.45) is 0 Å². The molecule has 0 spiro atoms. The van der Waals surface area contributed by atoms with Crippen LogP contribution >= 0.6 is 22.9 Å². The highest BCUT2D eigenvalue weighted by Gasteiger charge is 2.22. The van der Waals surface area contributed by atoms with Crippen molar-refractivity contribution in [3.8, 4) is 0 Å². The normalized spacial score (nSPS) is 20.4. The number of fused-ring (bicyclic) bond motifs is 3. The summed E-state index contributed by atoms with van der Waals surface area (Å²) in [7, 11) is 0. The van der Waals surface area contributed by atoms with Crippen LogP contribution in [0.3, 0.4) is 0 Å². The number of rotatable bonds is 3. The van der Waals surface area contributed by atoms with Crippen molar-refractivity contribution in [3.63, 3.8) is 0 Å². The lowest BCUT2D eigenvalue weighted by atomic mass is 10.1. The van der Waals surface area contributed by atoms with E-state index in [2.05, 4.69) is 19.8 Å². The molecule has 22 heavy (non-hydrogen) atoms. The number of nitrogens with zero attached hydrogens (tertiary/aromatic N) is 4. The summed E-state index contributed by atoms with van der Waals surface area (Å²) in [5.41, 5.74) is 1.43. The zero-order valence-corrected chi connectivity index (χ0v) is 14.0. The molecule has 0 saturated carbocycles. The summed E-state index contributed by atoms with van der Waals surface area (Å²) in [5, 5.41) is 1.53. The van der Waals surface area contributed by atoms with Gasteiger partial charge in [0.25, 0.3) is 0 Å². The minimum atomic E-state index is 0.343. The van der Waals surface area contributed by atoms with Gasteiger partial charge in [-0.25, -0.2) is 9.97 Å². The van der Waals surface area contributed by atoms with E-state index in [9.17, 15) is 0 Å². The van der Waals surface area contributed by atoms with Gasteiger partial charge in [0.15, 0.2) is 0 Å². The predicted octanol–water partition coefficient (Wildman–Crippen LogP) is 2.04. The third kappa shape index (κ3) is 2.98. The Morgan fingerprint density at radius 1 is 1.18 bits per heavy atom. The maximum Gasteiger partial charge on any atom is 0.223 e. The molecule has 0 bridgehead atoms. The van der Waals surface area contributed by atoms with Gasteiger partial charge >= 0.3 is 0 Å². The van der Waals surface area contributed by atoms with E-state index in [4.69, 9.17) is 16.3 Å². The van der Waals surface area contributed by atoms with Gasteiger partial charge in [0.1, 0.15) is 4.83 Å². The first-order valence-electron chi connectivity index (χ1n) is 7.75. The molecular formula is C15H19ClN4OS. The number of hydrogen-bond acceptors (Lipinski definition) is 6. The molecular weight excluding hydrogens is 320 g/mol. The highest BCUT2D eigenvalue weighted by atomic mass is 35.5. The summed E-state index contributed by atoms with van der Waals surface area (Å²) in [4.78, 5) is 16.0. The van der Waals surface area contributed by atoms with Crippen molar-refractivity contribution < 1.29 is 4.74 Å².